The standard InChI is InChI=1S/C10H8BrN3O/c1-15-9-3-2-7(4-13-9)8-5-12-6-14-10(8)11/h2-6H,1H3. The fourth-order valence-corrected chi connectivity index (χ4v) is 1.59. The number of aromatic nitrogens is 3. The lowest BCUT2D eigenvalue weighted by molar-refractivity contribution is 0.398. The lowest BCUT2D eigenvalue weighted by Crippen LogP contribution is -1.89. The van der Waals surface area contributed by atoms with Gasteiger partial charge in [-0.1, -0.05) is 0 Å². The van der Waals surface area contributed by atoms with E-state index in [0.717, 1.165) is 15.7 Å². The van der Waals surface area contributed by atoms with Crippen molar-refractivity contribution in [2.45, 2.75) is 0 Å². The van der Waals surface area contributed by atoms with Crippen molar-refractivity contribution in [2.75, 3.05) is 7.11 Å². The highest BCUT2D eigenvalue weighted by Crippen LogP contribution is 2.25. The van der Waals surface area contributed by atoms with Crippen molar-refractivity contribution in [3.63, 3.8) is 0 Å². The Morgan fingerprint density at radius 3 is 2.67 bits per heavy atom. The minimum absolute atomic E-state index is 0.590. The van der Waals surface area contributed by atoms with Crippen LogP contribution in [0.25, 0.3) is 11.1 Å². The number of ether oxygens (including phenoxy) is 1. The van der Waals surface area contributed by atoms with Gasteiger partial charge in [-0.2, -0.15) is 0 Å². The number of pyridine rings is 1. The van der Waals surface area contributed by atoms with Crippen LogP contribution in [0.4, 0.5) is 0 Å². The van der Waals surface area contributed by atoms with Gasteiger partial charge >= 0.3 is 0 Å². The molecular weight excluding hydrogens is 258 g/mol. The number of hydrogen-bond acceptors (Lipinski definition) is 4. The Bertz CT molecular complexity index is 458. The van der Waals surface area contributed by atoms with Crippen molar-refractivity contribution < 1.29 is 4.74 Å². The minimum Gasteiger partial charge on any atom is -0.481 e. The van der Waals surface area contributed by atoms with Crippen molar-refractivity contribution in [3.05, 3.63) is 35.5 Å². The summed E-state index contributed by atoms with van der Waals surface area (Å²) in [5.41, 5.74) is 1.86. The van der Waals surface area contributed by atoms with Crippen molar-refractivity contribution in [1.29, 1.82) is 0 Å². The third kappa shape index (κ3) is 2.12. The average molecular weight is 266 g/mol. The predicted molar refractivity (Wildman–Crippen MR) is 59.5 cm³/mol. The maximum Gasteiger partial charge on any atom is 0.212 e. The zero-order valence-corrected chi connectivity index (χ0v) is 9.60. The molecule has 0 saturated carbocycles. The molecule has 0 aliphatic carbocycles. The summed E-state index contributed by atoms with van der Waals surface area (Å²) in [4.78, 5) is 12.1. The van der Waals surface area contributed by atoms with E-state index in [2.05, 4.69) is 30.9 Å². The summed E-state index contributed by atoms with van der Waals surface area (Å²) in [6, 6.07) is 3.71. The van der Waals surface area contributed by atoms with Gasteiger partial charge in [-0.05, 0) is 22.0 Å². The molecule has 0 atom stereocenters. The van der Waals surface area contributed by atoms with E-state index in [1.807, 2.05) is 6.07 Å². The van der Waals surface area contributed by atoms with Crippen LogP contribution in [0.1, 0.15) is 0 Å². The van der Waals surface area contributed by atoms with Gasteiger partial charge in [0.2, 0.25) is 5.88 Å². The molecule has 0 radical (unpaired) electrons. The van der Waals surface area contributed by atoms with Crippen molar-refractivity contribution in [2.24, 2.45) is 0 Å². The predicted octanol–water partition coefficient (Wildman–Crippen LogP) is 2.31. The van der Waals surface area contributed by atoms with E-state index in [0.29, 0.717) is 5.88 Å². The van der Waals surface area contributed by atoms with Crippen LogP contribution in [0, 0.1) is 0 Å². The zero-order valence-electron chi connectivity index (χ0n) is 8.01. The van der Waals surface area contributed by atoms with Crippen LogP contribution in [0.3, 0.4) is 0 Å². The first-order chi connectivity index (χ1) is 7.31. The van der Waals surface area contributed by atoms with Crippen LogP contribution in [0.5, 0.6) is 5.88 Å². The van der Waals surface area contributed by atoms with E-state index >= 15 is 0 Å². The van der Waals surface area contributed by atoms with Gasteiger partial charge < -0.3 is 4.74 Å². The number of methoxy groups -OCH3 is 1. The van der Waals surface area contributed by atoms with Gasteiger partial charge in [-0.25, -0.2) is 15.0 Å². The maximum absolute atomic E-state index is 4.98. The second kappa shape index (κ2) is 4.35. The first-order valence-electron chi connectivity index (χ1n) is 4.27. The van der Waals surface area contributed by atoms with E-state index in [1.54, 1.807) is 25.6 Å². The van der Waals surface area contributed by atoms with Gasteiger partial charge in [0, 0.05) is 29.6 Å². The lowest BCUT2D eigenvalue weighted by Gasteiger charge is -2.03. The molecular formula is C10H8BrN3O. The van der Waals surface area contributed by atoms with Crippen molar-refractivity contribution in [3.8, 4) is 17.0 Å². The molecule has 0 fully saturated rings. The molecule has 5 heteroatoms. The molecule has 0 aliphatic heterocycles. The number of nitrogens with zero attached hydrogens (tertiary/aromatic N) is 3. The van der Waals surface area contributed by atoms with Gasteiger partial charge in [-0.15, -0.1) is 0 Å². The van der Waals surface area contributed by atoms with E-state index in [1.165, 1.54) is 6.33 Å². The van der Waals surface area contributed by atoms with Crippen LogP contribution >= 0.6 is 15.9 Å². The second-order valence-corrected chi connectivity index (χ2v) is 3.57. The largest absolute Gasteiger partial charge is 0.481 e. The van der Waals surface area contributed by atoms with Crippen LogP contribution in [0.2, 0.25) is 0 Å². The molecule has 2 rings (SSSR count). The fraction of sp³-hybridized carbons (Fsp3) is 0.100. The normalized spacial score (nSPS) is 10.0. The van der Waals surface area contributed by atoms with Gasteiger partial charge in [0.1, 0.15) is 10.9 Å². The Balaban J connectivity index is 2.42. The lowest BCUT2D eigenvalue weighted by atomic mass is 10.1. The summed E-state index contributed by atoms with van der Waals surface area (Å²) in [6.07, 6.45) is 4.95. The molecule has 0 amide bonds. The Kier molecular flexibility index (Phi) is 2.91. The smallest absolute Gasteiger partial charge is 0.212 e. The zero-order chi connectivity index (χ0) is 10.7. The molecule has 0 spiro atoms. The molecule has 0 N–H and O–H groups in total. The average Bonchev–Trinajstić information content (AvgIpc) is 2.30. The molecule has 4 nitrogen and oxygen atoms in total. The van der Waals surface area contributed by atoms with Crippen LogP contribution in [-0.2, 0) is 0 Å². The summed E-state index contributed by atoms with van der Waals surface area (Å²) in [5.74, 6) is 0.590. The van der Waals surface area contributed by atoms with Gasteiger partial charge in [0.05, 0.1) is 7.11 Å². The number of hydrogen-bond donors (Lipinski definition) is 0. The van der Waals surface area contributed by atoms with E-state index in [4.69, 9.17) is 4.74 Å². The summed E-state index contributed by atoms with van der Waals surface area (Å²) in [6.45, 7) is 0. The molecule has 15 heavy (non-hydrogen) atoms. The quantitative estimate of drug-likeness (QED) is 0.782. The molecule has 0 aromatic carbocycles. The van der Waals surface area contributed by atoms with E-state index in [9.17, 15) is 0 Å². The molecule has 76 valence electrons. The molecule has 0 aliphatic rings. The van der Waals surface area contributed by atoms with Crippen LogP contribution < -0.4 is 4.74 Å². The Labute approximate surface area is 95.5 Å². The van der Waals surface area contributed by atoms with Gasteiger partial charge in [0.15, 0.2) is 0 Å². The van der Waals surface area contributed by atoms with Crippen LogP contribution in [0.15, 0.2) is 35.5 Å². The molecule has 0 unspecified atom stereocenters. The third-order valence-electron chi connectivity index (χ3n) is 1.92. The highest BCUT2D eigenvalue weighted by atomic mass is 79.9. The Morgan fingerprint density at radius 2 is 2.07 bits per heavy atom. The Morgan fingerprint density at radius 1 is 1.20 bits per heavy atom. The molecule has 0 bridgehead atoms. The van der Waals surface area contributed by atoms with Crippen molar-refractivity contribution in [1.82, 2.24) is 15.0 Å². The first-order valence-corrected chi connectivity index (χ1v) is 5.06. The molecule has 2 heterocycles. The van der Waals surface area contributed by atoms with Crippen LogP contribution in [-0.4, -0.2) is 22.1 Å². The topological polar surface area (TPSA) is 47.9 Å². The Hall–Kier alpha value is -1.49. The van der Waals surface area contributed by atoms with E-state index < -0.39 is 0 Å². The molecule has 0 saturated heterocycles. The highest BCUT2D eigenvalue weighted by molar-refractivity contribution is 9.10. The number of rotatable bonds is 2. The monoisotopic (exact) mass is 265 g/mol. The summed E-state index contributed by atoms with van der Waals surface area (Å²) < 4.78 is 5.74. The number of halogens is 1. The summed E-state index contributed by atoms with van der Waals surface area (Å²) >= 11 is 3.36. The third-order valence-corrected chi connectivity index (χ3v) is 2.55. The first kappa shape index (κ1) is 10.0. The molecule has 2 aromatic rings. The summed E-state index contributed by atoms with van der Waals surface area (Å²) in [5, 5.41) is 0. The van der Waals surface area contributed by atoms with Gasteiger partial charge in [0.25, 0.3) is 0 Å². The van der Waals surface area contributed by atoms with E-state index in [-0.39, 0.29) is 0 Å². The fourth-order valence-electron chi connectivity index (χ4n) is 1.17. The highest BCUT2D eigenvalue weighted by Gasteiger charge is 2.04. The minimum atomic E-state index is 0.590. The second-order valence-electron chi connectivity index (χ2n) is 2.82. The summed E-state index contributed by atoms with van der Waals surface area (Å²) in [7, 11) is 1.59. The van der Waals surface area contributed by atoms with Gasteiger partial charge in [-0.3, -0.25) is 0 Å². The van der Waals surface area contributed by atoms with Crippen molar-refractivity contribution >= 4 is 15.9 Å². The maximum atomic E-state index is 4.98. The SMILES string of the molecule is COc1ccc(-c2cncnc2Br)cn1. The molecule has 2 aromatic heterocycles.